The van der Waals surface area contributed by atoms with Crippen molar-refractivity contribution in [3.8, 4) is 0 Å². The van der Waals surface area contributed by atoms with Gasteiger partial charge in [-0.2, -0.15) is 0 Å². The lowest BCUT2D eigenvalue weighted by molar-refractivity contribution is -0.0524. The number of nitrogens with one attached hydrogen (secondary N) is 1. The van der Waals surface area contributed by atoms with Crippen LogP contribution in [-0.2, 0) is 4.57 Å². The van der Waals surface area contributed by atoms with Gasteiger partial charge in [0.2, 0.25) is 0 Å². The molecule has 3 heterocycles. The van der Waals surface area contributed by atoms with Crippen molar-refractivity contribution in [1.82, 2.24) is 14.5 Å². The highest BCUT2D eigenvalue weighted by Gasteiger charge is 2.46. The van der Waals surface area contributed by atoms with Crippen LogP contribution in [0, 0.1) is 17.8 Å². The number of hydrogen-bond donors (Lipinski definition) is 2. The predicted octanol–water partition coefficient (Wildman–Crippen LogP) is 5.48. The Morgan fingerprint density at radius 1 is 0.973 bits per heavy atom. The van der Waals surface area contributed by atoms with Gasteiger partial charge in [-0.15, -0.1) is 0 Å². The van der Waals surface area contributed by atoms with Gasteiger partial charge in [-0.3, -0.25) is 14.3 Å². The van der Waals surface area contributed by atoms with Crippen LogP contribution in [-0.4, -0.2) is 56.8 Å². The third-order valence-electron chi connectivity index (χ3n) is 9.76. The van der Waals surface area contributed by atoms with Gasteiger partial charge in [-0.05, 0) is 87.7 Å². The molecule has 202 valence electrons. The van der Waals surface area contributed by atoms with Gasteiger partial charge in [0.25, 0.3) is 5.56 Å². The molecular weight excluding hydrogens is 483 g/mol. The molecule has 2 aliphatic carbocycles. The molecule has 1 aromatic carbocycles. The van der Waals surface area contributed by atoms with Crippen molar-refractivity contribution in [3.63, 3.8) is 0 Å². The second-order valence-corrected chi connectivity index (χ2v) is 15.4. The fourth-order valence-corrected chi connectivity index (χ4v) is 9.13. The highest BCUT2D eigenvalue weighted by molar-refractivity contribution is 7.57. The number of rotatable bonds is 6. The summed E-state index contributed by atoms with van der Waals surface area (Å²) >= 11 is 0. The molecule has 1 aromatic heterocycles. The van der Waals surface area contributed by atoms with E-state index in [1.165, 1.54) is 58.0 Å². The lowest BCUT2D eigenvalue weighted by atomic mass is 9.65. The Bertz CT molecular complexity index is 1210. The minimum Gasteiger partial charge on any atom is -0.365 e. The molecule has 0 radical (unpaired) electrons. The third-order valence-corrected chi connectivity index (χ3v) is 10.8. The van der Waals surface area contributed by atoms with E-state index in [0.29, 0.717) is 17.9 Å². The monoisotopic (exact) mass is 526 g/mol. The molecule has 6 rings (SSSR count). The zero-order valence-electron chi connectivity index (χ0n) is 22.4. The molecule has 8 heteroatoms. The molecule has 2 aliphatic heterocycles. The first kappa shape index (κ1) is 25.6. The van der Waals surface area contributed by atoms with Gasteiger partial charge in [0.05, 0.1) is 11.0 Å². The van der Waals surface area contributed by atoms with E-state index in [9.17, 15) is 14.3 Å². The minimum absolute atomic E-state index is 0.0970. The largest absolute Gasteiger partial charge is 0.365 e. The maximum absolute atomic E-state index is 13.8. The van der Waals surface area contributed by atoms with Crippen LogP contribution in [0.15, 0.2) is 29.1 Å². The summed E-state index contributed by atoms with van der Waals surface area (Å²) in [7, 11) is -3.15. The first-order valence-electron chi connectivity index (χ1n) is 14.6. The Balaban J connectivity index is 1.28. The highest BCUT2D eigenvalue weighted by atomic mass is 31.2. The molecule has 2 aromatic rings. The number of fused-ring (bicyclic) bond motifs is 5. The van der Waals surface area contributed by atoms with Crippen molar-refractivity contribution in [3.05, 3.63) is 34.6 Å². The molecule has 37 heavy (non-hydrogen) atoms. The molecule has 8 atom stereocenters. The van der Waals surface area contributed by atoms with E-state index in [2.05, 4.69) is 22.1 Å². The van der Waals surface area contributed by atoms with Crippen LogP contribution in [0.2, 0.25) is 0 Å². The molecule has 2 saturated carbocycles. The van der Waals surface area contributed by atoms with Gasteiger partial charge in [0.15, 0.2) is 13.2 Å². The standard InChI is InChI=1S/C29H43N4O3P/c1-19-12-20-14-21(13-19)16-24(15-20)32-22-6-5-7-23(32)18-25(17-22)33-27-9-4-3-8-26(27)31-28(29(33)34)30-10-11-37(2,35)36/h3-4,8-9,19-25H,5-7,10-18H2,1-2H3,(H,30,31)(H,35,36)/t19?,20-,21+,22-,23+,24?,25?. The van der Waals surface area contributed by atoms with Crippen molar-refractivity contribution >= 4 is 24.2 Å². The summed E-state index contributed by atoms with van der Waals surface area (Å²) in [5.74, 6) is 3.01. The molecular formula is C29H43N4O3P. The van der Waals surface area contributed by atoms with Crippen LogP contribution in [0.3, 0.4) is 0 Å². The molecule has 0 amide bonds. The molecule has 4 bridgehead atoms. The highest BCUT2D eigenvalue weighted by Crippen LogP contribution is 2.48. The lowest BCUT2D eigenvalue weighted by Crippen LogP contribution is -2.58. The zero-order valence-corrected chi connectivity index (χ0v) is 23.3. The van der Waals surface area contributed by atoms with E-state index in [1.807, 2.05) is 28.8 Å². The van der Waals surface area contributed by atoms with Crippen LogP contribution in [0.1, 0.15) is 77.2 Å². The maximum Gasteiger partial charge on any atom is 0.294 e. The third kappa shape index (κ3) is 5.29. The Labute approximate surface area is 220 Å². The Morgan fingerprint density at radius 3 is 2.32 bits per heavy atom. The number of para-hydroxylation sites is 2. The van der Waals surface area contributed by atoms with E-state index in [-0.39, 0.29) is 24.3 Å². The quantitative estimate of drug-likeness (QED) is 0.485. The van der Waals surface area contributed by atoms with Crippen molar-refractivity contribution in [2.45, 2.75) is 95.3 Å². The average Bonchev–Trinajstić information content (AvgIpc) is 2.82. The summed E-state index contributed by atoms with van der Waals surface area (Å²) < 4.78 is 13.8. The fourth-order valence-electron chi connectivity index (χ4n) is 8.60. The van der Waals surface area contributed by atoms with Crippen LogP contribution in [0.5, 0.6) is 0 Å². The van der Waals surface area contributed by atoms with E-state index >= 15 is 0 Å². The number of nitrogens with zero attached hydrogens (tertiary/aromatic N) is 3. The number of aromatic nitrogens is 2. The second kappa shape index (κ2) is 10.1. The van der Waals surface area contributed by atoms with Gasteiger partial charge in [0, 0.05) is 43.5 Å². The topological polar surface area (TPSA) is 87.5 Å². The number of benzene rings is 1. The Morgan fingerprint density at radius 2 is 1.65 bits per heavy atom. The average molecular weight is 527 g/mol. The summed E-state index contributed by atoms with van der Waals surface area (Å²) in [5, 5.41) is 3.09. The zero-order chi connectivity index (χ0) is 25.7. The molecule has 4 fully saturated rings. The van der Waals surface area contributed by atoms with E-state index in [1.54, 1.807) is 0 Å². The van der Waals surface area contributed by atoms with Gasteiger partial charge in [0.1, 0.15) is 0 Å². The predicted molar refractivity (Wildman–Crippen MR) is 150 cm³/mol. The van der Waals surface area contributed by atoms with E-state index in [0.717, 1.165) is 47.7 Å². The molecule has 0 spiro atoms. The van der Waals surface area contributed by atoms with Crippen molar-refractivity contribution in [1.29, 1.82) is 0 Å². The number of anilines is 1. The second-order valence-electron chi connectivity index (χ2n) is 12.8. The van der Waals surface area contributed by atoms with Crippen molar-refractivity contribution < 1.29 is 9.46 Å². The van der Waals surface area contributed by atoms with Crippen LogP contribution in [0.4, 0.5) is 5.82 Å². The van der Waals surface area contributed by atoms with Crippen molar-refractivity contribution in [2.24, 2.45) is 17.8 Å². The smallest absolute Gasteiger partial charge is 0.294 e. The van der Waals surface area contributed by atoms with Gasteiger partial charge < -0.3 is 14.8 Å². The van der Waals surface area contributed by atoms with Crippen molar-refractivity contribution in [2.75, 3.05) is 24.7 Å². The SMILES string of the molecule is CC1C[C@@H]2CC(N3[C@@H]4CCC[C@H]3CC(n3c(=O)c(NCCP(C)(=O)O)nc5ccccc53)C4)C[C@H](C1)C2. The van der Waals surface area contributed by atoms with Gasteiger partial charge in [-0.25, -0.2) is 4.98 Å². The summed E-state index contributed by atoms with van der Waals surface area (Å²) in [5.41, 5.74) is 1.61. The first-order valence-corrected chi connectivity index (χ1v) is 16.9. The number of hydrogen-bond acceptors (Lipinski definition) is 5. The van der Waals surface area contributed by atoms with E-state index < -0.39 is 7.37 Å². The summed E-state index contributed by atoms with van der Waals surface area (Å²) in [6, 6.07) is 9.91. The van der Waals surface area contributed by atoms with Crippen LogP contribution in [0.25, 0.3) is 11.0 Å². The molecule has 2 N–H and O–H groups in total. The Hall–Kier alpha value is -1.69. The molecule has 2 saturated heterocycles. The van der Waals surface area contributed by atoms with Gasteiger partial charge in [-0.1, -0.05) is 25.5 Å². The molecule has 7 nitrogen and oxygen atoms in total. The normalized spacial score (nSPS) is 35.7. The summed E-state index contributed by atoms with van der Waals surface area (Å²) in [4.78, 5) is 31.0. The van der Waals surface area contributed by atoms with Gasteiger partial charge >= 0.3 is 0 Å². The molecule has 4 aliphatic rings. The minimum atomic E-state index is -3.15. The van der Waals surface area contributed by atoms with E-state index in [4.69, 9.17) is 0 Å². The fraction of sp³-hybridized carbons (Fsp3) is 0.724. The lowest BCUT2D eigenvalue weighted by Gasteiger charge is -2.55. The summed E-state index contributed by atoms with van der Waals surface area (Å²) in [6.45, 7) is 4.06. The maximum atomic E-state index is 13.8. The first-order chi connectivity index (χ1) is 17.7. The Kier molecular flexibility index (Phi) is 7.00. The van der Waals surface area contributed by atoms with Crippen LogP contribution < -0.4 is 10.9 Å². The van der Waals surface area contributed by atoms with Crippen LogP contribution >= 0.6 is 7.37 Å². The molecule has 4 unspecified atom stereocenters. The number of piperidine rings is 2. The summed E-state index contributed by atoms with van der Waals surface area (Å²) in [6.07, 6.45) is 12.9.